The molecule has 1 radical (unpaired) electrons. The molecule has 4 N–H and O–H groups in total. The Labute approximate surface area is 81.4 Å². The molecule has 0 spiro atoms. The first-order chi connectivity index (χ1) is 3.91. The normalized spacial score (nSPS) is 5.40. The number of aromatic nitrogens is 2. The van der Waals surface area contributed by atoms with Crippen LogP contribution < -0.4 is 34.6 Å². The van der Waals surface area contributed by atoms with Gasteiger partial charge in [-0.1, -0.05) is 0 Å². The standard InChI is InChI=1S/C3H4N2.BHO2.Na.H2O/c1-2-4-5-3-1;2-1-3;;/h1-3H,(H,4,5);2H;;1H2/q;-1;+1;. The number of hydrogen-bond acceptors (Lipinski definition) is 3. The van der Waals surface area contributed by atoms with Gasteiger partial charge in [0.25, 0.3) is 0 Å². The minimum atomic E-state index is -0.250. The zero-order valence-corrected chi connectivity index (χ0v) is 7.61. The van der Waals surface area contributed by atoms with Crippen LogP contribution in [-0.2, 0) is 0 Å². The summed E-state index contributed by atoms with van der Waals surface area (Å²) in [7, 11) is -0.250. The fourth-order valence-corrected chi connectivity index (χ4v) is 0.215. The number of hydrogen-bond donors (Lipinski definition) is 2. The van der Waals surface area contributed by atoms with Gasteiger partial charge in [0, 0.05) is 12.4 Å². The summed E-state index contributed by atoms with van der Waals surface area (Å²) in [4.78, 5) is 0. The van der Waals surface area contributed by atoms with E-state index < -0.39 is 0 Å². The average Bonchev–Trinajstić information content (AvgIpc) is 2.17. The maximum absolute atomic E-state index is 8.36. The zero-order chi connectivity index (χ0) is 6.24. The summed E-state index contributed by atoms with van der Waals surface area (Å²) in [5.41, 5.74) is 0. The Hall–Kier alpha value is 0.155. The zero-order valence-electron chi connectivity index (χ0n) is 5.61. The second kappa shape index (κ2) is 16.1. The molecule has 0 saturated carbocycles. The predicted octanol–water partition coefficient (Wildman–Crippen LogP) is -5.54. The van der Waals surface area contributed by atoms with E-state index in [1.54, 1.807) is 12.4 Å². The van der Waals surface area contributed by atoms with Gasteiger partial charge < -0.3 is 15.5 Å². The summed E-state index contributed by atoms with van der Waals surface area (Å²) >= 11 is 0. The molecule has 1 aromatic rings. The average molecular weight is 153 g/mol. The van der Waals surface area contributed by atoms with Crippen molar-refractivity contribution in [3.8, 4) is 0 Å². The monoisotopic (exact) mass is 153 g/mol. The Bertz CT molecular complexity index is 88.6. The molecule has 0 saturated heterocycles. The molecule has 7 heteroatoms. The van der Waals surface area contributed by atoms with Crippen molar-refractivity contribution in [2.24, 2.45) is 0 Å². The maximum Gasteiger partial charge on any atom is 1.00 e. The fourth-order valence-electron chi connectivity index (χ4n) is 0.215. The summed E-state index contributed by atoms with van der Waals surface area (Å²) in [6, 6.07) is 1.83. The third-order valence-electron chi connectivity index (χ3n) is 0.406. The molecule has 5 nitrogen and oxygen atoms in total. The Morgan fingerprint density at radius 3 is 2.20 bits per heavy atom. The Balaban J connectivity index is -0.0000000900. The van der Waals surface area contributed by atoms with E-state index in [1.807, 2.05) is 6.07 Å². The van der Waals surface area contributed by atoms with E-state index in [0.717, 1.165) is 0 Å². The van der Waals surface area contributed by atoms with E-state index in [-0.39, 0.29) is 42.7 Å². The van der Waals surface area contributed by atoms with Crippen molar-refractivity contribution >= 4 is 7.69 Å². The third kappa shape index (κ3) is 15.7. The molecule has 0 bridgehead atoms. The topological polar surface area (TPSA) is 103 Å². The van der Waals surface area contributed by atoms with Crippen LogP contribution in [0.2, 0.25) is 0 Å². The van der Waals surface area contributed by atoms with Crippen molar-refractivity contribution in [3.05, 3.63) is 18.5 Å². The van der Waals surface area contributed by atoms with Crippen LogP contribution in [0.4, 0.5) is 0 Å². The van der Waals surface area contributed by atoms with Crippen LogP contribution in [0.25, 0.3) is 0 Å². The second-order valence-corrected chi connectivity index (χ2v) is 0.872. The van der Waals surface area contributed by atoms with Gasteiger partial charge in [-0.3, -0.25) is 5.10 Å². The molecule has 0 fully saturated rings. The summed E-state index contributed by atoms with van der Waals surface area (Å²) < 4.78 is 0. The third-order valence-corrected chi connectivity index (χ3v) is 0.406. The largest absolute Gasteiger partial charge is 1.00 e. The Kier molecular flexibility index (Phi) is 26.7. The van der Waals surface area contributed by atoms with Crippen LogP contribution in [0, 0.1) is 0 Å². The molecule has 0 amide bonds. The SMILES string of the molecule is O.[Na+].[O-][B]O.c1cn[nH]c1. The first-order valence-corrected chi connectivity index (χ1v) is 1.93. The molecule has 0 aliphatic heterocycles. The molecule has 0 aliphatic carbocycles. The minimum absolute atomic E-state index is 0. The summed E-state index contributed by atoms with van der Waals surface area (Å²) in [5.74, 6) is 0. The van der Waals surface area contributed by atoms with Crippen molar-refractivity contribution in [2.45, 2.75) is 0 Å². The molecule has 0 aromatic carbocycles. The van der Waals surface area contributed by atoms with Crippen LogP contribution in [0.5, 0.6) is 0 Å². The summed E-state index contributed by atoms with van der Waals surface area (Å²) in [5, 5.41) is 21.5. The molecule has 10 heavy (non-hydrogen) atoms. The fraction of sp³-hybridized carbons (Fsp3) is 0. The molecular weight excluding hydrogens is 146 g/mol. The minimum Gasteiger partial charge on any atom is -0.861 e. The molecule has 0 aliphatic rings. The van der Waals surface area contributed by atoms with Crippen LogP contribution in [0.15, 0.2) is 18.5 Å². The molecule has 0 atom stereocenters. The van der Waals surface area contributed by atoms with Crippen molar-refractivity contribution in [1.82, 2.24) is 10.2 Å². The van der Waals surface area contributed by atoms with Crippen LogP contribution >= 0.6 is 0 Å². The van der Waals surface area contributed by atoms with Gasteiger partial charge in [0.1, 0.15) is 0 Å². The number of nitrogens with zero attached hydrogens (tertiary/aromatic N) is 1. The van der Waals surface area contributed by atoms with Gasteiger partial charge in [-0.15, -0.1) is 0 Å². The number of rotatable bonds is 0. The quantitative estimate of drug-likeness (QED) is 0.363. The summed E-state index contributed by atoms with van der Waals surface area (Å²) in [6.07, 6.45) is 3.46. The van der Waals surface area contributed by atoms with Gasteiger partial charge in [0.2, 0.25) is 0 Å². The molecule has 51 valence electrons. The Morgan fingerprint density at radius 1 is 1.60 bits per heavy atom. The van der Waals surface area contributed by atoms with Crippen molar-refractivity contribution in [2.75, 3.05) is 0 Å². The van der Waals surface area contributed by atoms with Gasteiger partial charge in [-0.05, 0) is 6.07 Å². The summed E-state index contributed by atoms with van der Waals surface area (Å²) in [6.45, 7) is 0. The van der Waals surface area contributed by atoms with E-state index in [2.05, 4.69) is 10.2 Å². The predicted molar refractivity (Wildman–Crippen MR) is 30.2 cm³/mol. The van der Waals surface area contributed by atoms with Gasteiger partial charge in [0.05, 0.1) is 0 Å². The van der Waals surface area contributed by atoms with E-state index in [4.69, 9.17) is 10.0 Å². The van der Waals surface area contributed by atoms with E-state index in [0.29, 0.717) is 0 Å². The molecule has 1 aromatic heterocycles. The number of aromatic amines is 1. The number of H-pyrrole nitrogens is 1. The first kappa shape index (κ1) is 16.6. The van der Waals surface area contributed by atoms with E-state index in [9.17, 15) is 0 Å². The number of nitrogens with one attached hydrogen (secondary N) is 1. The van der Waals surface area contributed by atoms with Crippen LogP contribution in [-0.4, -0.2) is 28.4 Å². The van der Waals surface area contributed by atoms with Crippen molar-refractivity contribution < 1.29 is 45.1 Å². The molecule has 1 heterocycles. The van der Waals surface area contributed by atoms with Crippen LogP contribution in [0.3, 0.4) is 0 Å². The van der Waals surface area contributed by atoms with Crippen molar-refractivity contribution in [1.29, 1.82) is 0 Å². The second-order valence-electron chi connectivity index (χ2n) is 0.872. The van der Waals surface area contributed by atoms with E-state index in [1.165, 1.54) is 0 Å². The van der Waals surface area contributed by atoms with Crippen molar-refractivity contribution in [3.63, 3.8) is 0 Å². The molecule has 1 rings (SSSR count). The van der Waals surface area contributed by atoms with Gasteiger partial charge in [0.15, 0.2) is 7.69 Å². The maximum atomic E-state index is 8.36. The van der Waals surface area contributed by atoms with Gasteiger partial charge >= 0.3 is 29.6 Å². The molecular formula is C3H7BN2NaO3. The smallest absolute Gasteiger partial charge is 0.861 e. The van der Waals surface area contributed by atoms with Gasteiger partial charge in [-0.2, -0.15) is 5.10 Å². The molecule has 0 unspecified atom stereocenters. The van der Waals surface area contributed by atoms with E-state index >= 15 is 0 Å². The Morgan fingerprint density at radius 2 is 2.10 bits per heavy atom. The first-order valence-electron chi connectivity index (χ1n) is 1.93. The van der Waals surface area contributed by atoms with Crippen LogP contribution in [0.1, 0.15) is 0 Å². The van der Waals surface area contributed by atoms with Gasteiger partial charge in [-0.25, -0.2) is 0 Å².